The molecule has 0 saturated carbocycles. The molecule has 0 radical (unpaired) electrons. The lowest BCUT2D eigenvalue weighted by atomic mass is 10.3. The Labute approximate surface area is 82.2 Å². The van der Waals surface area contributed by atoms with Crippen molar-refractivity contribution in [2.45, 2.75) is 13.5 Å². The monoisotopic (exact) mass is 195 g/mol. The summed E-state index contributed by atoms with van der Waals surface area (Å²) in [4.78, 5) is 10.5. The average Bonchev–Trinajstić information content (AvgIpc) is 2.52. The van der Waals surface area contributed by atoms with Gasteiger partial charge in [-0.15, -0.1) is 0 Å². The van der Waals surface area contributed by atoms with Crippen LogP contribution < -0.4 is 5.32 Å². The van der Waals surface area contributed by atoms with E-state index >= 15 is 0 Å². The number of nitrogens with one attached hydrogen (secondary N) is 1. The summed E-state index contributed by atoms with van der Waals surface area (Å²) in [6.07, 6.45) is 1.24. The van der Waals surface area contributed by atoms with Gasteiger partial charge >= 0.3 is 5.97 Å². The van der Waals surface area contributed by atoms with Gasteiger partial charge in [-0.05, 0) is 13.0 Å². The lowest BCUT2D eigenvalue weighted by Gasteiger charge is -2.00. The Hall–Kier alpha value is -1.55. The molecule has 0 unspecified atom stereocenters. The highest BCUT2D eigenvalue weighted by Crippen LogP contribution is 2.07. The summed E-state index contributed by atoms with van der Waals surface area (Å²) in [6.45, 7) is 6.86. The van der Waals surface area contributed by atoms with E-state index in [9.17, 15) is 4.79 Å². The Morgan fingerprint density at radius 3 is 2.93 bits per heavy atom. The van der Waals surface area contributed by atoms with Crippen LogP contribution in [0.4, 0.5) is 0 Å². The number of carbonyl (C=O) groups is 1. The molecule has 0 aromatic carbocycles. The quantitative estimate of drug-likeness (QED) is 0.701. The zero-order valence-corrected chi connectivity index (χ0v) is 8.04. The van der Waals surface area contributed by atoms with Crippen LogP contribution in [0.5, 0.6) is 0 Å². The molecule has 4 heteroatoms. The number of rotatable bonds is 5. The van der Waals surface area contributed by atoms with E-state index in [1.165, 1.54) is 12.3 Å². The summed E-state index contributed by atoms with van der Waals surface area (Å²) in [5.74, 6) is -0.358. The summed E-state index contributed by atoms with van der Waals surface area (Å²) in [5.41, 5.74) is 1.20. The van der Waals surface area contributed by atoms with Gasteiger partial charge in [0, 0.05) is 6.54 Å². The largest absolute Gasteiger partial charge is 0.478 e. The highest BCUT2D eigenvalue weighted by molar-refractivity contribution is 5.87. The first-order chi connectivity index (χ1) is 6.59. The Morgan fingerprint density at radius 1 is 1.71 bits per heavy atom. The second-order valence-electron chi connectivity index (χ2n) is 3.17. The first kappa shape index (κ1) is 10.5. The Kier molecular flexibility index (Phi) is 3.48. The van der Waals surface area contributed by atoms with Crippen LogP contribution in [-0.2, 0) is 6.54 Å². The van der Waals surface area contributed by atoms with Gasteiger partial charge in [-0.1, -0.05) is 12.2 Å². The zero-order chi connectivity index (χ0) is 10.6. The number of hydrogen-bond acceptors (Lipinski definition) is 3. The van der Waals surface area contributed by atoms with Gasteiger partial charge in [-0.25, -0.2) is 4.79 Å². The van der Waals surface area contributed by atoms with E-state index < -0.39 is 5.97 Å². The van der Waals surface area contributed by atoms with E-state index in [1.807, 2.05) is 6.92 Å². The van der Waals surface area contributed by atoms with Crippen molar-refractivity contribution in [1.29, 1.82) is 0 Å². The van der Waals surface area contributed by atoms with Gasteiger partial charge in [-0.2, -0.15) is 0 Å². The van der Waals surface area contributed by atoms with E-state index in [4.69, 9.17) is 9.52 Å². The second-order valence-corrected chi connectivity index (χ2v) is 3.17. The molecule has 0 aliphatic rings. The fourth-order valence-corrected chi connectivity index (χ4v) is 0.985. The van der Waals surface area contributed by atoms with Crippen molar-refractivity contribution in [2.75, 3.05) is 6.54 Å². The average molecular weight is 195 g/mol. The molecule has 2 N–H and O–H groups in total. The van der Waals surface area contributed by atoms with Crippen molar-refractivity contribution >= 4 is 5.97 Å². The van der Waals surface area contributed by atoms with Crippen molar-refractivity contribution < 1.29 is 14.3 Å². The fourth-order valence-electron chi connectivity index (χ4n) is 0.985. The predicted octanol–water partition coefficient (Wildman–Crippen LogP) is 1.64. The molecule has 0 fully saturated rings. The van der Waals surface area contributed by atoms with Crippen LogP contribution in [0.2, 0.25) is 0 Å². The van der Waals surface area contributed by atoms with Crippen LogP contribution in [0.25, 0.3) is 0 Å². The molecule has 1 aromatic rings. The van der Waals surface area contributed by atoms with Gasteiger partial charge in [0.2, 0.25) is 0 Å². The van der Waals surface area contributed by atoms with Gasteiger partial charge in [0.25, 0.3) is 0 Å². The third-order valence-electron chi connectivity index (χ3n) is 1.63. The number of furan rings is 1. The molecule has 0 saturated heterocycles. The minimum absolute atomic E-state index is 0.178. The van der Waals surface area contributed by atoms with Crippen LogP contribution in [0.3, 0.4) is 0 Å². The number of carboxylic acid groups (broad SMARTS) is 1. The second kappa shape index (κ2) is 4.62. The summed E-state index contributed by atoms with van der Waals surface area (Å²) < 4.78 is 5.03. The number of hydrogen-bond donors (Lipinski definition) is 2. The minimum Gasteiger partial charge on any atom is -0.478 e. The molecule has 14 heavy (non-hydrogen) atoms. The smallest absolute Gasteiger partial charge is 0.338 e. The van der Waals surface area contributed by atoms with E-state index in [1.54, 1.807) is 0 Å². The minimum atomic E-state index is -0.972. The van der Waals surface area contributed by atoms with Crippen molar-refractivity contribution in [3.8, 4) is 0 Å². The SMILES string of the molecule is C=C(C)CNCc1cc(C(=O)O)co1. The highest BCUT2D eigenvalue weighted by atomic mass is 16.4. The molecule has 0 aliphatic heterocycles. The van der Waals surface area contributed by atoms with E-state index in [0.717, 1.165) is 5.57 Å². The topological polar surface area (TPSA) is 62.5 Å². The molecule has 1 aromatic heterocycles. The molecule has 76 valence electrons. The maximum absolute atomic E-state index is 10.5. The number of aromatic carboxylic acids is 1. The molecule has 0 spiro atoms. The highest BCUT2D eigenvalue weighted by Gasteiger charge is 2.07. The lowest BCUT2D eigenvalue weighted by Crippen LogP contribution is -2.14. The Morgan fingerprint density at radius 2 is 2.43 bits per heavy atom. The molecule has 0 atom stereocenters. The van der Waals surface area contributed by atoms with Crippen molar-refractivity contribution in [1.82, 2.24) is 5.32 Å². The van der Waals surface area contributed by atoms with Crippen molar-refractivity contribution in [3.63, 3.8) is 0 Å². The van der Waals surface area contributed by atoms with Crippen LogP contribution in [0.15, 0.2) is 28.9 Å². The maximum Gasteiger partial charge on any atom is 0.338 e. The van der Waals surface area contributed by atoms with Gasteiger partial charge in [0.15, 0.2) is 0 Å². The van der Waals surface area contributed by atoms with Gasteiger partial charge in [0.1, 0.15) is 12.0 Å². The van der Waals surface area contributed by atoms with Gasteiger partial charge in [0.05, 0.1) is 12.1 Å². The molecular formula is C10H13NO3. The van der Waals surface area contributed by atoms with Crippen LogP contribution in [0.1, 0.15) is 23.0 Å². The summed E-state index contributed by atoms with van der Waals surface area (Å²) in [6, 6.07) is 1.51. The van der Waals surface area contributed by atoms with Crippen LogP contribution >= 0.6 is 0 Å². The first-order valence-corrected chi connectivity index (χ1v) is 4.25. The predicted molar refractivity (Wildman–Crippen MR) is 52.2 cm³/mol. The third kappa shape index (κ3) is 3.06. The summed E-state index contributed by atoms with van der Waals surface area (Å²) in [5, 5.41) is 11.7. The molecule has 4 nitrogen and oxygen atoms in total. The zero-order valence-electron chi connectivity index (χ0n) is 8.04. The van der Waals surface area contributed by atoms with E-state index in [-0.39, 0.29) is 5.56 Å². The summed E-state index contributed by atoms with van der Waals surface area (Å²) in [7, 11) is 0. The molecule has 1 rings (SSSR count). The molecule has 0 bridgehead atoms. The normalized spacial score (nSPS) is 10.1. The van der Waals surface area contributed by atoms with E-state index in [2.05, 4.69) is 11.9 Å². The molecule has 1 heterocycles. The first-order valence-electron chi connectivity index (χ1n) is 4.25. The van der Waals surface area contributed by atoms with Crippen LogP contribution in [-0.4, -0.2) is 17.6 Å². The van der Waals surface area contributed by atoms with E-state index in [0.29, 0.717) is 18.8 Å². The molecule has 0 amide bonds. The van der Waals surface area contributed by atoms with Gasteiger partial charge < -0.3 is 14.8 Å². The van der Waals surface area contributed by atoms with Crippen molar-refractivity contribution in [3.05, 3.63) is 35.8 Å². The standard InChI is InChI=1S/C10H13NO3/c1-7(2)4-11-5-9-3-8(6-14-9)10(12)13/h3,6,11H,1,4-5H2,2H3,(H,12,13). The summed E-state index contributed by atoms with van der Waals surface area (Å²) >= 11 is 0. The van der Waals surface area contributed by atoms with Crippen molar-refractivity contribution in [2.24, 2.45) is 0 Å². The molecular weight excluding hydrogens is 182 g/mol. The fraction of sp³-hybridized carbons (Fsp3) is 0.300. The van der Waals surface area contributed by atoms with Gasteiger partial charge in [-0.3, -0.25) is 0 Å². The Balaban J connectivity index is 2.44. The maximum atomic E-state index is 10.5. The third-order valence-corrected chi connectivity index (χ3v) is 1.63. The lowest BCUT2D eigenvalue weighted by molar-refractivity contribution is 0.0696. The Bertz CT molecular complexity index is 341. The van der Waals surface area contributed by atoms with Crippen LogP contribution in [0, 0.1) is 0 Å². The number of carboxylic acids is 1. The molecule has 0 aliphatic carbocycles.